The molecule has 0 aliphatic rings. The lowest BCUT2D eigenvalue weighted by Crippen LogP contribution is -2.28. The summed E-state index contributed by atoms with van der Waals surface area (Å²) in [7, 11) is 3.47. The van der Waals surface area contributed by atoms with Gasteiger partial charge in [-0.2, -0.15) is 10.2 Å². The van der Waals surface area contributed by atoms with Crippen molar-refractivity contribution in [2.45, 2.75) is 27.3 Å². The molecule has 160 valence electrons. The molecule has 8 heteroatoms. The number of nitrogens with zero attached hydrogens (tertiary/aromatic N) is 5. The molecule has 0 fully saturated rings. The molecule has 0 aliphatic carbocycles. The van der Waals surface area contributed by atoms with E-state index >= 15 is 0 Å². The van der Waals surface area contributed by atoms with Crippen LogP contribution in [0.5, 0.6) is 5.75 Å². The van der Waals surface area contributed by atoms with Gasteiger partial charge in [0.1, 0.15) is 5.75 Å². The van der Waals surface area contributed by atoms with Gasteiger partial charge in [-0.25, -0.2) is 4.98 Å². The largest absolute Gasteiger partial charge is 0.497 e. The molecule has 0 unspecified atom stereocenters. The van der Waals surface area contributed by atoms with Crippen LogP contribution in [0.1, 0.15) is 27.4 Å². The second kappa shape index (κ2) is 8.22. The Kier molecular flexibility index (Phi) is 5.46. The Hall–Kier alpha value is -3.68. The molecular formula is C23H26N6O2. The third kappa shape index (κ3) is 4.01. The fourth-order valence-electron chi connectivity index (χ4n) is 3.81. The summed E-state index contributed by atoms with van der Waals surface area (Å²) < 4.78 is 8.86. The van der Waals surface area contributed by atoms with Gasteiger partial charge in [0.25, 0.3) is 5.91 Å². The molecule has 0 radical (unpaired) electrons. The highest BCUT2D eigenvalue weighted by molar-refractivity contribution is 6.07. The van der Waals surface area contributed by atoms with Crippen molar-refractivity contribution in [3.05, 3.63) is 59.0 Å². The van der Waals surface area contributed by atoms with E-state index in [1.54, 1.807) is 11.8 Å². The van der Waals surface area contributed by atoms with Crippen molar-refractivity contribution in [3.8, 4) is 17.0 Å². The Morgan fingerprint density at radius 3 is 2.48 bits per heavy atom. The van der Waals surface area contributed by atoms with Crippen molar-refractivity contribution in [2.75, 3.05) is 13.7 Å². The van der Waals surface area contributed by atoms with Crippen LogP contribution in [-0.4, -0.2) is 44.1 Å². The molecule has 0 saturated heterocycles. The van der Waals surface area contributed by atoms with Crippen LogP contribution in [0.15, 0.2) is 36.4 Å². The molecule has 0 spiro atoms. The molecule has 4 rings (SSSR count). The van der Waals surface area contributed by atoms with E-state index in [9.17, 15) is 4.79 Å². The first-order chi connectivity index (χ1) is 14.9. The summed E-state index contributed by atoms with van der Waals surface area (Å²) in [4.78, 5) is 17.9. The van der Waals surface area contributed by atoms with E-state index < -0.39 is 0 Å². The maximum absolute atomic E-state index is 13.2. The lowest BCUT2D eigenvalue weighted by molar-refractivity contribution is 0.0953. The van der Waals surface area contributed by atoms with Crippen molar-refractivity contribution in [2.24, 2.45) is 7.05 Å². The van der Waals surface area contributed by atoms with Crippen LogP contribution in [0.4, 0.5) is 0 Å². The van der Waals surface area contributed by atoms with Gasteiger partial charge in [-0.3, -0.25) is 14.2 Å². The average molecular weight is 419 g/mol. The van der Waals surface area contributed by atoms with Gasteiger partial charge < -0.3 is 10.1 Å². The smallest absolute Gasteiger partial charge is 0.252 e. The standard InChI is InChI=1S/C23H26N6O2/c1-14-12-15(2)29(26-14)11-10-24-23(30)19-13-20(17-6-8-18(31-5)9-7-17)25-22-21(19)16(3)27-28(22)4/h6-9,12-13H,10-11H2,1-5H3,(H,24,30). The molecule has 8 nitrogen and oxygen atoms in total. The number of rotatable bonds is 6. The lowest BCUT2D eigenvalue weighted by atomic mass is 10.0. The monoisotopic (exact) mass is 418 g/mol. The molecule has 3 heterocycles. The lowest BCUT2D eigenvalue weighted by Gasteiger charge is -2.10. The van der Waals surface area contributed by atoms with Crippen LogP contribution in [0, 0.1) is 20.8 Å². The van der Waals surface area contributed by atoms with Crippen LogP contribution >= 0.6 is 0 Å². The van der Waals surface area contributed by atoms with Gasteiger partial charge in [0.2, 0.25) is 0 Å². The van der Waals surface area contributed by atoms with E-state index in [1.807, 2.05) is 68.9 Å². The van der Waals surface area contributed by atoms with Crippen LogP contribution in [0.25, 0.3) is 22.3 Å². The highest BCUT2D eigenvalue weighted by Gasteiger charge is 2.19. The maximum Gasteiger partial charge on any atom is 0.252 e. The minimum absolute atomic E-state index is 0.153. The minimum Gasteiger partial charge on any atom is -0.497 e. The molecule has 1 N–H and O–H groups in total. The molecule has 3 aromatic heterocycles. The van der Waals surface area contributed by atoms with Gasteiger partial charge in [-0.1, -0.05) is 0 Å². The maximum atomic E-state index is 13.2. The molecular weight excluding hydrogens is 392 g/mol. The quantitative estimate of drug-likeness (QED) is 0.520. The Balaban J connectivity index is 1.66. The number of benzene rings is 1. The van der Waals surface area contributed by atoms with Crippen molar-refractivity contribution in [3.63, 3.8) is 0 Å². The molecule has 4 aromatic rings. The molecule has 0 atom stereocenters. The van der Waals surface area contributed by atoms with Crippen LogP contribution in [0.2, 0.25) is 0 Å². The minimum atomic E-state index is -0.153. The Morgan fingerprint density at radius 1 is 1.10 bits per heavy atom. The topological polar surface area (TPSA) is 86.9 Å². The fourth-order valence-corrected chi connectivity index (χ4v) is 3.81. The van der Waals surface area contributed by atoms with Gasteiger partial charge in [-0.05, 0) is 57.2 Å². The number of aromatic nitrogens is 5. The zero-order chi connectivity index (χ0) is 22.1. The SMILES string of the molecule is COc1ccc(-c2cc(C(=O)NCCn3nc(C)cc3C)c3c(C)nn(C)c3n2)cc1. The highest BCUT2D eigenvalue weighted by Crippen LogP contribution is 2.28. The van der Waals surface area contributed by atoms with Crippen molar-refractivity contribution < 1.29 is 9.53 Å². The first kappa shape index (κ1) is 20.6. The highest BCUT2D eigenvalue weighted by atomic mass is 16.5. The van der Waals surface area contributed by atoms with E-state index in [0.29, 0.717) is 30.0 Å². The van der Waals surface area contributed by atoms with Crippen molar-refractivity contribution in [1.29, 1.82) is 0 Å². The molecule has 0 aliphatic heterocycles. The molecule has 31 heavy (non-hydrogen) atoms. The van der Waals surface area contributed by atoms with E-state index in [-0.39, 0.29) is 5.91 Å². The number of methoxy groups -OCH3 is 1. The predicted molar refractivity (Wildman–Crippen MR) is 119 cm³/mol. The van der Waals surface area contributed by atoms with Gasteiger partial charge in [-0.15, -0.1) is 0 Å². The summed E-state index contributed by atoms with van der Waals surface area (Å²) in [5.41, 5.74) is 5.66. The van der Waals surface area contributed by atoms with Crippen LogP contribution in [0.3, 0.4) is 0 Å². The molecule has 0 bridgehead atoms. The fraction of sp³-hybridized carbons (Fsp3) is 0.304. The molecule has 0 saturated carbocycles. The summed E-state index contributed by atoms with van der Waals surface area (Å²) in [6, 6.07) is 11.5. The number of hydrogen-bond donors (Lipinski definition) is 1. The van der Waals surface area contributed by atoms with Gasteiger partial charge in [0, 0.05) is 24.8 Å². The number of fused-ring (bicyclic) bond motifs is 1. The van der Waals surface area contributed by atoms with Crippen LogP contribution in [-0.2, 0) is 13.6 Å². The second-order valence-corrected chi connectivity index (χ2v) is 7.60. The third-order valence-corrected chi connectivity index (χ3v) is 5.31. The van der Waals surface area contributed by atoms with E-state index in [1.165, 1.54) is 0 Å². The van der Waals surface area contributed by atoms with E-state index in [0.717, 1.165) is 33.8 Å². The summed E-state index contributed by atoms with van der Waals surface area (Å²) in [6.07, 6.45) is 0. The predicted octanol–water partition coefficient (Wildman–Crippen LogP) is 3.20. The summed E-state index contributed by atoms with van der Waals surface area (Å²) in [6.45, 7) is 6.94. The number of ether oxygens (including phenoxy) is 1. The first-order valence-electron chi connectivity index (χ1n) is 10.2. The number of pyridine rings is 1. The molecule has 1 aromatic carbocycles. The number of carbonyl (C=O) groups excluding carboxylic acids is 1. The Labute approximate surface area is 180 Å². The third-order valence-electron chi connectivity index (χ3n) is 5.31. The van der Waals surface area contributed by atoms with E-state index in [4.69, 9.17) is 9.72 Å². The first-order valence-corrected chi connectivity index (χ1v) is 10.2. The Bertz CT molecular complexity index is 1250. The van der Waals surface area contributed by atoms with Gasteiger partial charge in [0.05, 0.1) is 41.7 Å². The summed E-state index contributed by atoms with van der Waals surface area (Å²) in [5, 5.41) is 12.7. The zero-order valence-electron chi connectivity index (χ0n) is 18.4. The zero-order valence-corrected chi connectivity index (χ0v) is 18.4. The molecule has 1 amide bonds. The van der Waals surface area contributed by atoms with Crippen LogP contribution < -0.4 is 10.1 Å². The number of amides is 1. The van der Waals surface area contributed by atoms with Crippen molar-refractivity contribution >= 4 is 16.9 Å². The summed E-state index contributed by atoms with van der Waals surface area (Å²) >= 11 is 0. The van der Waals surface area contributed by atoms with Gasteiger partial charge in [0.15, 0.2) is 5.65 Å². The Morgan fingerprint density at radius 2 is 1.84 bits per heavy atom. The number of nitrogens with one attached hydrogen (secondary N) is 1. The van der Waals surface area contributed by atoms with Crippen molar-refractivity contribution in [1.82, 2.24) is 29.9 Å². The summed E-state index contributed by atoms with van der Waals surface area (Å²) in [5.74, 6) is 0.614. The normalized spacial score (nSPS) is 11.1. The van der Waals surface area contributed by atoms with E-state index in [2.05, 4.69) is 15.5 Å². The number of aryl methyl sites for hydroxylation is 4. The van der Waals surface area contributed by atoms with Gasteiger partial charge >= 0.3 is 0 Å². The number of hydrogen-bond acceptors (Lipinski definition) is 5. The number of carbonyl (C=O) groups is 1. The second-order valence-electron chi connectivity index (χ2n) is 7.60. The average Bonchev–Trinajstić information content (AvgIpc) is 3.24.